The molecule has 1 aromatic heterocycles. The molecule has 38 heavy (non-hydrogen) atoms. The van der Waals surface area contributed by atoms with E-state index in [0.29, 0.717) is 37.3 Å². The van der Waals surface area contributed by atoms with Crippen LogP contribution in [0.3, 0.4) is 0 Å². The summed E-state index contributed by atoms with van der Waals surface area (Å²) in [6.45, 7) is 9.49. The predicted octanol–water partition coefficient (Wildman–Crippen LogP) is 5.64. The van der Waals surface area contributed by atoms with Crippen LogP contribution in [0.15, 0.2) is 40.9 Å². The van der Waals surface area contributed by atoms with Crippen LogP contribution in [-0.2, 0) is 30.3 Å². The van der Waals surface area contributed by atoms with E-state index in [9.17, 15) is 14.4 Å². The molecule has 0 bridgehead atoms. The van der Waals surface area contributed by atoms with Gasteiger partial charge < -0.3 is 19.2 Å². The minimum Gasteiger partial charge on any atom is -0.464 e. The first-order valence-electron chi connectivity index (χ1n) is 13.8. The number of aromatic nitrogens is 1. The molecule has 1 aliphatic rings. The SMILES string of the molecule is CCC[C@H](CC1(C(=O)N[C@@H](Cc2ncc(-c3ccccc3)o2)C(=O)OCC)CCCC1)C(=O)OC(C)(C)C. The van der Waals surface area contributed by atoms with Crippen LogP contribution in [-0.4, -0.2) is 41.1 Å². The monoisotopic (exact) mass is 526 g/mol. The molecule has 2 atom stereocenters. The fraction of sp³-hybridized carbons (Fsp3) is 0.600. The van der Waals surface area contributed by atoms with Gasteiger partial charge in [0.25, 0.3) is 0 Å². The van der Waals surface area contributed by atoms with Gasteiger partial charge >= 0.3 is 11.9 Å². The Kier molecular flexibility index (Phi) is 10.1. The van der Waals surface area contributed by atoms with Gasteiger partial charge in [-0.1, -0.05) is 56.5 Å². The third-order valence-corrected chi connectivity index (χ3v) is 6.92. The quantitative estimate of drug-likeness (QED) is 0.357. The molecular formula is C30H42N2O6. The molecule has 3 rings (SSSR count). The van der Waals surface area contributed by atoms with E-state index >= 15 is 0 Å². The lowest BCUT2D eigenvalue weighted by molar-refractivity contribution is -0.162. The van der Waals surface area contributed by atoms with E-state index in [-0.39, 0.29) is 30.8 Å². The van der Waals surface area contributed by atoms with Crippen LogP contribution in [0.4, 0.5) is 0 Å². The van der Waals surface area contributed by atoms with Crippen molar-refractivity contribution in [3.8, 4) is 11.3 Å². The van der Waals surface area contributed by atoms with Crippen molar-refractivity contribution in [2.24, 2.45) is 11.3 Å². The lowest BCUT2D eigenvalue weighted by Gasteiger charge is -2.33. The zero-order valence-electron chi connectivity index (χ0n) is 23.4. The number of nitrogens with one attached hydrogen (secondary N) is 1. The highest BCUT2D eigenvalue weighted by Crippen LogP contribution is 2.45. The van der Waals surface area contributed by atoms with Crippen LogP contribution in [0, 0.1) is 11.3 Å². The van der Waals surface area contributed by atoms with E-state index in [1.54, 1.807) is 13.1 Å². The van der Waals surface area contributed by atoms with E-state index in [4.69, 9.17) is 13.9 Å². The van der Waals surface area contributed by atoms with Crippen LogP contribution >= 0.6 is 0 Å². The minimum atomic E-state index is -0.951. The Morgan fingerprint density at radius 1 is 1.08 bits per heavy atom. The average Bonchev–Trinajstić information content (AvgIpc) is 3.53. The number of oxazole rings is 1. The summed E-state index contributed by atoms with van der Waals surface area (Å²) in [6, 6.07) is 8.60. The van der Waals surface area contributed by atoms with Crippen molar-refractivity contribution in [1.82, 2.24) is 10.3 Å². The van der Waals surface area contributed by atoms with Crippen molar-refractivity contribution in [3.63, 3.8) is 0 Å². The zero-order chi connectivity index (χ0) is 27.8. The summed E-state index contributed by atoms with van der Waals surface area (Å²) in [5.74, 6) is -0.502. The second-order valence-corrected chi connectivity index (χ2v) is 11.2. The van der Waals surface area contributed by atoms with Crippen molar-refractivity contribution in [2.75, 3.05) is 6.61 Å². The highest BCUT2D eigenvalue weighted by atomic mass is 16.6. The lowest BCUT2D eigenvalue weighted by atomic mass is 9.75. The molecule has 8 nitrogen and oxygen atoms in total. The number of esters is 2. The van der Waals surface area contributed by atoms with E-state index in [0.717, 1.165) is 24.8 Å². The first-order valence-corrected chi connectivity index (χ1v) is 13.8. The fourth-order valence-electron chi connectivity index (χ4n) is 5.15. The number of ether oxygens (including phenoxy) is 2. The number of rotatable bonds is 12. The van der Waals surface area contributed by atoms with Gasteiger partial charge in [-0.2, -0.15) is 0 Å². The molecule has 1 heterocycles. The summed E-state index contributed by atoms with van der Waals surface area (Å²) < 4.78 is 16.9. The minimum absolute atomic E-state index is 0.0674. The maximum absolute atomic E-state index is 13.8. The molecular weight excluding hydrogens is 484 g/mol. The molecule has 2 aromatic rings. The van der Waals surface area contributed by atoms with Gasteiger partial charge in [0.05, 0.1) is 30.6 Å². The number of amides is 1. The van der Waals surface area contributed by atoms with Gasteiger partial charge in [-0.15, -0.1) is 0 Å². The molecule has 1 saturated carbocycles. The van der Waals surface area contributed by atoms with Gasteiger partial charge in [0, 0.05) is 5.56 Å². The topological polar surface area (TPSA) is 108 Å². The Morgan fingerprint density at radius 2 is 1.76 bits per heavy atom. The maximum Gasteiger partial charge on any atom is 0.329 e. The maximum atomic E-state index is 13.8. The molecule has 1 amide bonds. The number of carbonyl (C=O) groups excluding carboxylic acids is 3. The van der Waals surface area contributed by atoms with Crippen LogP contribution in [0.25, 0.3) is 11.3 Å². The molecule has 1 aliphatic carbocycles. The Morgan fingerprint density at radius 3 is 2.37 bits per heavy atom. The highest BCUT2D eigenvalue weighted by molar-refractivity contribution is 5.89. The normalized spacial score (nSPS) is 16.4. The van der Waals surface area contributed by atoms with Gasteiger partial charge in [0.2, 0.25) is 5.91 Å². The number of carbonyl (C=O) groups is 3. The largest absolute Gasteiger partial charge is 0.464 e. The summed E-state index contributed by atoms with van der Waals surface area (Å²) in [5.41, 5.74) is -0.470. The Hall–Kier alpha value is -3.16. The number of benzene rings is 1. The summed E-state index contributed by atoms with van der Waals surface area (Å²) in [4.78, 5) is 44.1. The molecule has 8 heteroatoms. The summed E-state index contributed by atoms with van der Waals surface area (Å²) in [6.07, 6.45) is 6.64. The third kappa shape index (κ3) is 7.92. The van der Waals surface area contributed by atoms with Gasteiger partial charge in [-0.3, -0.25) is 9.59 Å². The second-order valence-electron chi connectivity index (χ2n) is 11.2. The van der Waals surface area contributed by atoms with Crippen LogP contribution in [0.5, 0.6) is 0 Å². The van der Waals surface area contributed by atoms with E-state index in [2.05, 4.69) is 10.3 Å². The molecule has 208 valence electrons. The molecule has 1 fully saturated rings. The molecule has 0 saturated heterocycles. The van der Waals surface area contributed by atoms with Crippen molar-refractivity contribution >= 4 is 17.8 Å². The summed E-state index contributed by atoms with van der Waals surface area (Å²) >= 11 is 0. The van der Waals surface area contributed by atoms with E-state index < -0.39 is 23.0 Å². The van der Waals surface area contributed by atoms with Crippen molar-refractivity contribution in [3.05, 3.63) is 42.4 Å². The van der Waals surface area contributed by atoms with Gasteiger partial charge in [0.1, 0.15) is 11.6 Å². The van der Waals surface area contributed by atoms with Crippen molar-refractivity contribution < 1.29 is 28.3 Å². The zero-order valence-corrected chi connectivity index (χ0v) is 23.4. The Balaban J connectivity index is 1.79. The average molecular weight is 527 g/mol. The molecule has 0 aliphatic heterocycles. The first kappa shape index (κ1) is 29.4. The molecule has 0 unspecified atom stereocenters. The molecule has 0 radical (unpaired) electrons. The van der Waals surface area contributed by atoms with Crippen molar-refractivity contribution in [2.45, 2.75) is 97.6 Å². The lowest BCUT2D eigenvalue weighted by Crippen LogP contribution is -2.50. The third-order valence-electron chi connectivity index (χ3n) is 6.92. The summed E-state index contributed by atoms with van der Waals surface area (Å²) in [5, 5.41) is 2.95. The Bertz CT molecular complexity index is 1070. The van der Waals surface area contributed by atoms with Gasteiger partial charge in [0.15, 0.2) is 11.7 Å². The fourth-order valence-corrected chi connectivity index (χ4v) is 5.15. The predicted molar refractivity (Wildman–Crippen MR) is 144 cm³/mol. The first-order chi connectivity index (χ1) is 18.1. The number of hydrogen-bond acceptors (Lipinski definition) is 7. The number of hydrogen-bond donors (Lipinski definition) is 1. The highest BCUT2D eigenvalue weighted by Gasteiger charge is 2.45. The molecule has 0 spiro atoms. The van der Waals surface area contributed by atoms with Gasteiger partial charge in [-0.25, -0.2) is 9.78 Å². The van der Waals surface area contributed by atoms with Crippen LogP contribution < -0.4 is 5.32 Å². The van der Waals surface area contributed by atoms with Crippen LogP contribution in [0.2, 0.25) is 0 Å². The molecule has 1 N–H and O–H groups in total. The van der Waals surface area contributed by atoms with Crippen molar-refractivity contribution in [1.29, 1.82) is 0 Å². The molecule has 1 aromatic carbocycles. The number of nitrogens with zero attached hydrogens (tertiary/aromatic N) is 1. The smallest absolute Gasteiger partial charge is 0.329 e. The summed E-state index contributed by atoms with van der Waals surface area (Å²) in [7, 11) is 0. The Labute approximate surface area is 225 Å². The second kappa shape index (κ2) is 13.1. The van der Waals surface area contributed by atoms with Gasteiger partial charge in [-0.05, 0) is 53.4 Å². The van der Waals surface area contributed by atoms with E-state index in [1.165, 1.54) is 0 Å². The van der Waals surface area contributed by atoms with E-state index in [1.807, 2.05) is 58.0 Å². The van der Waals surface area contributed by atoms with Crippen LogP contribution in [0.1, 0.15) is 85.5 Å². The standard InChI is InChI=1S/C30H42N2O6/c1-6-13-22(26(33)38-29(3,4)5)19-30(16-11-12-17-30)28(35)32-23(27(34)36-7-2)18-25-31-20-24(37-25)21-14-9-8-10-15-21/h8-10,14-15,20,22-23H,6-7,11-13,16-19H2,1-5H3,(H,32,35)/t22-,23+/m1/s1.